The third-order valence-electron chi connectivity index (χ3n) is 5.71. The molecule has 1 aromatic carbocycles. The number of carbonyl (C=O) groups excluding carboxylic acids is 1. The Hall–Kier alpha value is -3.61. The summed E-state index contributed by atoms with van der Waals surface area (Å²) in [6, 6.07) is 7.91. The number of fused-ring (bicyclic) bond motifs is 2. The van der Waals surface area contributed by atoms with Crippen LogP contribution in [0.2, 0.25) is 0 Å². The summed E-state index contributed by atoms with van der Waals surface area (Å²) in [6.45, 7) is 6.11. The number of anilines is 2. The van der Waals surface area contributed by atoms with Crippen LogP contribution < -0.4 is 5.32 Å². The molecule has 0 unspecified atom stereocenters. The highest BCUT2D eigenvalue weighted by Crippen LogP contribution is 2.32. The second-order valence-corrected chi connectivity index (χ2v) is 7.81. The molecule has 0 saturated carbocycles. The summed E-state index contributed by atoms with van der Waals surface area (Å²) in [5, 5.41) is 4.14. The fraction of sp³-hybridized carbons (Fsp3) is 0.261. The zero-order chi connectivity index (χ0) is 20.8. The number of rotatable bonds is 3. The van der Waals surface area contributed by atoms with Gasteiger partial charge in [0.25, 0.3) is 0 Å². The van der Waals surface area contributed by atoms with Gasteiger partial charge in [0.15, 0.2) is 5.78 Å². The summed E-state index contributed by atoms with van der Waals surface area (Å²) < 4.78 is 5.50. The van der Waals surface area contributed by atoms with Crippen molar-refractivity contribution >= 4 is 28.6 Å². The predicted octanol–water partition coefficient (Wildman–Crippen LogP) is 4.59. The highest BCUT2D eigenvalue weighted by molar-refractivity contribution is 5.98. The second kappa shape index (κ2) is 7.02. The maximum atomic E-state index is 12.5. The van der Waals surface area contributed by atoms with Crippen molar-refractivity contribution in [2.45, 2.75) is 39.5 Å². The number of nitrogens with one attached hydrogen (secondary N) is 1. The Bertz CT molecular complexity index is 1280. The topological polar surface area (TPSA) is 93.8 Å². The molecular formula is C23H21N5O2. The van der Waals surface area contributed by atoms with Crippen LogP contribution in [0, 0.1) is 20.8 Å². The minimum Gasteiger partial charge on any atom is -0.469 e. The number of hydrogen-bond donors (Lipinski definition) is 1. The lowest BCUT2D eigenvalue weighted by Crippen LogP contribution is -2.21. The van der Waals surface area contributed by atoms with Crippen LogP contribution >= 0.6 is 0 Å². The molecule has 0 aliphatic heterocycles. The van der Waals surface area contributed by atoms with Crippen molar-refractivity contribution in [2.75, 3.05) is 5.32 Å². The highest BCUT2D eigenvalue weighted by atomic mass is 16.3. The third kappa shape index (κ3) is 3.22. The van der Waals surface area contributed by atoms with E-state index in [4.69, 9.17) is 4.42 Å². The van der Waals surface area contributed by atoms with Gasteiger partial charge in [0, 0.05) is 30.3 Å². The molecule has 3 heterocycles. The average molecular weight is 399 g/mol. The first kappa shape index (κ1) is 18.4. The largest absolute Gasteiger partial charge is 0.469 e. The summed E-state index contributed by atoms with van der Waals surface area (Å²) in [4.78, 5) is 30.7. The van der Waals surface area contributed by atoms with Crippen molar-refractivity contribution in [1.29, 1.82) is 0 Å². The van der Waals surface area contributed by atoms with E-state index in [0.29, 0.717) is 36.0 Å². The van der Waals surface area contributed by atoms with Gasteiger partial charge in [-0.2, -0.15) is 0 Å². The molecule has 30 heavy (non-hydrogen) atoms. The monoisotopic (exact) mass is 399 g/mol. The molecule has 0 fully saturated rings. The zero-order valence-electron chi connectivity index (χ0n) is 17.1. The molecule has 1 N–H and O–H groups in total. The smallest absolute Gasteiger partial charge is 0.230 e. The highest BCUT2D eigenvalue weighted by Gasteiger charge is 2.29. The van der Waals surface area contributed by atoms with Crippen LogP contribution in [0.1, 0.15) is 51.0 Å². The molecule has 4 aromatic rings. The van der Waals surface area contributed by atoms with Gasteiger partial charge in [-0.3, -0.25) is 10.1 Å². The Labute approximate surface area is 173 Å². The first-order chi connectivity index (χ1) is 14.5. The van der Waals surface area contributed by atoms with Gasteiger partial charge in [0.05, 0.1) is 28.7 Å². The fourth-order valence-corrected chi connectivity index (χ4v) is 3.93. The first-order valence-electron chi connectivity index (χ1n) is 9.93. The van der Waals surface area contributed by atoms with Gasteiger partial charge in [-0.1, -0.05) is 0 Å². The van der Waals surface area contributed by atoms with Gasteiger partial charge in [-0.25, -0.2) is 19.9 Å². The van der Waals surface area contributed by atoms with Gasteiger partial charge >= 0.3 is 0 Å². The fourth-order valence-electron chi connectivity index (χ4n) is 3.93. The molecule has 1 aliphatic rings. The number of Topliss-reactive ketones (excluding diaryl/α,β-unsaturated/α-hetero) is 1. The molecule has 0 bridgehead atoms. The number of ketones is 1. The molecule has 7 nitrogen and oxygen atoms in total. The maximum Gasteiger partial charge on any atom is 0.230 e. The van der Waals surface area contributed by atoms with Crippen molar-refractivity contribution < 1.29 is 9.21 Å². The van der Waals surface area contributed by atoms with E-state index in [0.717, 1.165) is 22.4 Å². The van der Waals surface area contributed by atoms with Crippen LogP contribution in [-0.4, -0.2) is 25.7 Å². The standard InChI is InChI=1S/C23H21N5O2/c1-12-7-16-14(3)25-23(27-18(16)8-13(12)2)28-22-24-11-17-19(26-22)9-15(10-20(17)29)21-5-4-6-30-21/h4-8,11,15H,9-10H2,1-3H3,(H,24,25,26,27,28)/t15-/m0/s1. The van der Waals surface area contributed by atoms with E-state index in [1.807, 2.05) is 19.1 Å². The Kier molecular flexibility index (Phi) is 4.31. The predicted molar refractivity (Wildman–Crippen MR) is 113 cm³/mol. The van der Waals surface area contributed by atoms with Crippen molar-refractivity contribution in [3.63, 3.8) is 0 Å². The minimum atomic E-state index is -0.00636. The number of furan rings is 1. The van der Waals surface area contributed by atoms with Gasteiger partial charge < -0.3 is 4.42 Å². The number of carbonyl (C=O) groups is 1. The van der Waals surface area contributed by atoms with E-state index in [9.17, 15) is 4.79 Å². The molecule has 3 aromatic heterocycles. The molecule has 1 atom stereocenters. The van der Waals surface area contributed by atoms with Crippen LogP contribution in [0.4, 0.5) is 11.9 Å². The molecule has 150 valence electrons. The van der Waals surface area contributed by atoms with Crippen LogP contribution in [0.3, 0.4) is 0 Å². The molecule has 0 amide bonds. The summed E-state index contributed by atoms with van der Waals surface area (Å²) in [6.07, 6.45) is 4.25. The lowest BCUT2D eigenvalue weighted by atomic mass is 9.85. The van der Waals surface area contributed by atoms with E-state index < -0.39 is 0 Å². The Morgan fingerprint density at radius 3 is 2.67 bits per heavy atom. The van der Waals surface area contributed by atoms with Crippen LogP contribution in [-0.2, 0) is 6.42 Å². The van der Waals surface area contributed by atoms with Crippen molar-refractivity contribution in [2.24, 2.45) is 0 Å². The summed E-state index contributed by atoms with van der Waals surface area (Å²) >= 11 is 0. The van der Waals surface area contributed by atoms with Crippen LogP contribution in [0.15, 0.2) is 41.1 Å². The van der Waals surface area contributed by atoms with Gasteiger partial charge in [0.2, 0.25) is 11.9 Å². The van der Waals surface area contributed by atoms with Crippen LogP contribution in [0.5, 0.6) is 0 Å². The van der Waals surface area contributed by atoms with E-state index in [1.165, 1.54) is 11.1 Å². The summed E-state index contributed by atoms with van der Waals surface area (Å²) in [7, 11) is 0. The Morgan fingerprint density at radius 1 is 1.03 bits per heavy atom. The van der Waals surface area contributed by atoms with Gasteiger partial charge in [-0.05, 0) is 56.2 Å². The quantitative estimate of drug-likeness (QED) is 0.538. The van der Waals surface area contributed by atoms with Crippen molar-refractivity contribution in [3.8, 4) is 0 Å². The zero-order valence-corrected chi connectivity index (χ0v) is 17.1. The Morgan fingerprint density at radius 2 is 1.87 bits per heavy atom. The lowest BCUT2D eigenvalue weighted by molar-refractivity contribution is 0.0958. The molecule has 5 rings (SSSR count). The number of nitrogens with zero attached hydrogens (tertiary/aromatic N) is 4. The molecule has 1 aliphatic carbocycles. The van der Waals surface area contributed by atoms with Gasteiger partial charge in [-0.15, -0.1) is 0 Å². The van der Waals surface area contributed by atoms with Gasteiger partial charge in [0.1, 0.15) is 5.76 Å². The van der Waals surface area contributed by atoms with E-state index in [2.05, 4.69) is 51.2 Å². The SMILES string of the molecule is Cc1cc2nc(Nc3ncc4c(n3)C[C@H](c3ccco3)CC4=O)nc(C)c2cc1C. The molecule has 7 heteroatoms. The number of hydrogen-bond acceptors (Lipinski definition) is 7. The lowest BCUT2D eigenvalue weighted by Gasteiger charge is -2.21. The number of aryl methyl sites for hydroxylation is 3. The van der Waals surface area contributed by atoms with Crippen LogP contribution in [0.25, 0.3) is 10.9 Å². The van der Waals surface area contributed by atoms with E-state index in [-0.39, 0.29) is 11.7 Å². The first-order valence-corrected chi connectivity index (χ1v) is 9.93. The van der Waals surface area contributed by atoms with E-state index in [1.54, 1.807) is 12.5 Å². The summed E-state index contributed by atoms with van der Waals surface area (Å²) in [5.74, 6) is 1.65. The van der Waals surface area contributed by atoms with Crippen molar-refractivity contribution in [1.82, 2.24) is 19.9 Å². The number of aromatic nitrogens is 4. The average Bonchev–Trinajstić information content (AvgIpc) is 3.24. The molecule has 0 spiro atoms. The molecular weight excluding hydrogens is 378 g/mol. The Balaban J connectivity index is 1.47. The second-order valence-electron chi connectivity index (χ2n) is 7.81. The maximum absolute atomic E-state index is 12.5. The normalized spacial score (nSPS) is 16.0. The van der Waals surface area contributed by atoms with E-state index >= 15 is 0 Å². The summed E-state index contributed by atoms with van der Waals surface area (Å²) in [5.41, 5.74) is 5.44. The number of benzene rings is 1. The molecule has 0 radical (unpaired) electrons. The third-order valence-corrected chi connectivity index (χ3v) is 5.71. The van der Waals surface area contributed by atoms with Crippen molar-refractivity contribution in [3.05, 3.63) is 70.6 Å². The minimum absolute atomic E-state index is 0.00636. The molecule has 0 saturated heterocycles.